The van der Waals surface area contributed by atoms with Gasteiger partial charge in [-0.05, 0) is 12.5 Å². The molecule has 0 bridgehead atoms. The molecule has 18 heavy (non-hydrogen) atoms. The van der Waals surface area contributed by atoms with E-state index in [1.807, 2.05) is 37.3 Å². The van der Waals surface area contributed by atoms with Crippen molar-refractivity contribution in [2.24, 2.45) is 5.73 Å². The number of likely N-dealkylation sites (N-methyl/N-ethyl adjacent to an activating group) is 1. The van der Waals surface area contributed by atoms with Gasteiger partial charge in [-0.2, -0.15) is 0 Å². The van der Waals surface area contributed by atoms with E-state index in [1.165, 1.54) is 4.90 Å². The van der Waals surface area contributed by atoms with Gasteiger partial charge < -0.3 is 15.7 Å². The predicted octanol–water partition coefficient (Wildman–Crippen LogP) is 1.01. The summed E-state index contributed by atoms with van der Waals surface area (Å²) in [7, 11) is 1.63. The van der Waals surface area contributed by atoms with Crippen LogP contribution in [0.5, 0.6) is 0 Å². The topological polar surface area (TPSA) is 83.6 Å². The molecule has 1 aromatic rings. The Morgan fingerprint density at radius 1 is 1.33 bits per heavy atom. The Hall–Kier alpha value is -1.88. The van der Waals surface area contributed by atoms with Gasteiger partial charge in [0.1, 0.15) is 0 Å². The minimum atomic E-state index is -1.07. The van der Waals surface area contributed by atoms with Gasteiger partial charge in [0.25, 0.3) is 0 Å². The smallest absolute Gasteiger partial charge is 0.305 e. The standard InChI is InChI=1S/C13H18N2O3/c1-9(10-6-4-3-5-7-10)15(2)13(18)11(14)8-12(16)17/h3-7,9,11H,8,14H2,1-2H3,(H,16,17). The predicted molar refractivity (Wildman–Crippen MR) is 67.9 cm³/mol. The quantitative estimate of drug-likeness (QED) is 0.816. The first-order chi connectivity index (χ1) is 8.43. The van der Waals surface area contributed by atoms with Crippen molar-refractivity contribution in [2.45, 2.75) is 25.4 Å². The molecule has 0 aliphatic rings. The molecule has 3 N–H and O–H groups in total. The molecule has 1 rings (SSSR count). The zero-order chi connectivity index (χ0) is 13.7. The summed E-state index contributed by atoms with van der Waals surface area (Å²) in [6.45, 7) is 1.88. The van der Waals surface area contributed by atoms with Crippen molar-refractivity contribution >= 4 is 11.9 Å². The Morgan fingerprint density at radius 3 is 2.39 bits per heavy atom. The highest BCUT2D eigenvalue weighted by molar-refractivity contribution is 5.86. The van der Waals surface area contributed by atoms with Crippen LogP contribution >= 0.6 is 0 Å². The first-order valence-electron chi connectivity index (χ1n) is 5.72. The van der Waals surface area contributed by atoms with E-state index >= 15 is 0 Å². The Balaban J connectivity index is 2.72. The van der Waals surface area contributed by atoms with E-state index in [2.05, 4.69) is 0 Å². The molecule has 0 saturated heterocycles. The van der Waals surface area contributed by atoms with Gasteiger partial charge in [-0.25, -0.2) is 0 Å². The zero-order valence-corrected chi connectivity index (χ0v) is 10.5. The lowest BCUT2D eigenvalue weighted by atomic mass is 10.1. The van der Waals surface area contributed by atoms with E-state index in [9.17, 15) is 9.59 Å². The number of carbonyl (C=O) groups excluding carboxylic acids is 1. The molecule has 0 saturated carbocycles. The summed E-state index contributed by atoms with van der Waals surface area (Å²) >= 11 is 0. The van der Waals surface area contributed by atoms with Gasteiger partial charge in [-0.15, -0.1) is 0 Å². The highest BCUT2D eigenvalue weighted by atomic mass is 16.4. The maximum Gasteiger partial charge on any atom is 0.305 e. The number of carboxylic acids is 1. The van der Waals surface area contributed by atoms with Crippen LogP contribution < -0.4 is 5.73 Å². The van der Waals surface area contributed by atoms with E-state index < -0.39 is 12.0 Å². The molecule has 1 amide bonds. The van der Waals surface area contributed by atoms with E-state index in [-0.39, 0.29) is 18.4 Å². The van der Waals surface area contributed by atoms with Gasteiger partial charge >= 0.3 is 5.97 Å². The van der Waals surface area contributed by atoms with E-state index in [0.29, 0.717) is 0 Å². The third kappa shape index (κ3) is 3.56. The van der Waals surface area contributed by atoms with Gasteiger partial charge in [0.05, 0.1) is 18.5 Å². The molecule has 0 aromatic heterocycles. The van der Waals surface area contributed by atoms with Crippen molar-refractivity contribution < 1.29 is 14.7 Å². The van der Waals surface area contributed by atoms with Crippen LogP contribution in [0.3, 0.4) is 0 Å². The summed E-state index contributed by atoms with van der Waals surface area (Å²) < 4.78 is 0. The molecule has 98 valence electrons. The summed E-state index contributed by atoms with van der Waals surface area (Å²) in [5.41, 5.74) is 6.55. The molecule has 0 spiro atoms. The average Bonchev–Trinajstić information content (AvgIpc) is 2.36. The monoisotopic (exact) mass is 250 g/mol. The summed E-state index contributed by atoms with van der Waals surface area (Å²) in [6.07, 6.45) is -0.356. The Labute approximate surface area is 106 Å². The number of aliphatic carboxylic acids is 1. The number of amides is 1. The average molecular weight is 250 g/mol. The molecule has 0 aliphatic heterocycles. The van der Waals surface area contributed by atoms with Crippen molar-refractivity contribution in [3.63, 3.8) is 0 Å². The molecule has 0 fully saturated rings. The number of hydrogen-bond acceptors (Lipinski definition) is 3. The lowest BCUT2D eigenvalue weighted by Gasteiger charge is -2.27. The van der Waals surface area contributed by atoms with Crippen LogP contribution in [0.1, 0.15) is 24.9 Å². The van der Waals surface area contributed by atoms with Crippen LogP contribution in [-0.4, -0.2) is 35.0 Å². The van der Waals surface area contributed by atoms with Gasteiger partial charge in [-0.1, -0.05) is 30.3 Å². The summed E-state index contributed by atoms with van der Waals surface area (Å²) in [5.74, 6) is -1.44. The third-order valence-electron chi connectivity index (χ3n) is 2.92. The molecule has 5 heteroatoms. The van der Waals surface area contributed by atoms with Gasteiger partial charge in [0.2, 0.25) is 5.91 Å². The number of nitrogens with two attached hydrogens (primary N) is 1. The van der Waals surface area contributed by atoms with E-state index in [0.717, 1.165) is 5.56 Å². The number of carboxylic acid groups (broad SMARTS) is 1. The van der Waals surface area contributed by atoms with Crippen LogP contribution in [0.25, 0.3) is 0 Å². The number of nitrogens with zero attached hydrogens (tertiary/aromatic N) is 1. The highest BCUT2D eigenvalue weighted by Crippen LogP contribution is 2.18. The van der Waals surface area contributed by atoms with Gasteiger partial charge in [-0.3, -0.25) is 9.59 Å². The Kier molecular flexibility index (Phi) is 4.85. The fourth-order valence-corrected chi connectivity index (χ4v) is 1.68. The largest absolute Gasteiger partial charge is 0.481 e. The SMILES string of the molecule is CC(c1ccccc1)N(C)C(=O)C(N)CC(=O)O. The van der Waals surface area contributed by atoms with Gasteiger partial charge in [0, 0.05) is 7.05 Å². The number of benzene rings is 1. The minimum absolute atomic E-state index is 0.140. The zero-order valence-electron chi connectivity index (χ0n) is 10.5. The second kappa shape index (κ2) is 6.16. The van der Waals surface area contributed by atoms with Crippen molar-refractivity contribution in [1.82, 2.24) is 4.90 Å². The van der Waals surface area contributed by atoms with Crippen molar-refractivity contribution in [3.05, 3.63) is 35.9 Å². The Bertz CT molecular complexity index is 420. The normalized spacial score (nSPS) is 13.7. The summed E-state index contributed by atoms with van der Waals surface area (Å²) in [6, 6.07) is 8.36. The van der Waals surface area contributed by atoms with E-state index in [1.54, 1.807) is 7.05 Å². The molecular formula is C13H18N2O3. The molecule has 5 nitrogen and oxygen atoms in total. The van der Waals surface area contributed by atoms with E-state index in [4.69, 9.17) is 10.8 Å². The summed E-state index contributed by atoms with van der Waals surface area (Å²) in [4.78, 5) is 23.9. The molecular weight excluding hydrogens is 232 g/mol. The lowest BCUT2D eigenvalue weighted by molar-refractivity contribution is -0.142. The second-order valence-corrected chi connectivity index (χ2v) is 4.24. The fraction of sp³-hybridized carbons (Fsp3) is 0.385. The number of carbonyl (C=O) groups is 2. The minimum Gasteiger partial charge on any atom is -0.481 e. The first kappa shape index (κ1) is 14.2. The molecule has 0 aliphatic carbocycles. The van der Waals surface area contributed by atoms with Crippen LogP contribution in [0, 0.1) is 0 Å². The number of rotatable bonds is 5. The first-order valence-corrected chi connectivity index (χ1v) is 5.72. The second-order valence-electron chi connectivity index (χ2n) is 4.24. The Morgan fingerprint density at radius 2 is 1.89 bits per heavy atom. The molecule has 2 unspecified atom stereocenters. The fourth-order valence-electron chi connectivity index (χ4n) is 1.68. The number of hydrogen-bond donors (Lipinski definition) is 2. The van der Waals surface area contributed by atoms with Gasteiger partial charge in [0.15, 0.2) is 0 Å². The highest BCUT2D eigenvalue weighted by Gasteiger charge is 2.24. The molecule has 2 atom stereocenters. The summed E-state index contributed by atoms with van der Waals surface area (Å²) in [5, 5.41) is 8.62. The van der Waals surface area contributed by atoms with Crippen LogP contribution in [0.4, 0.5) is 0 Å². The van der Waals surface area contributed by atoms with Crippen LogP contribution in [0.15, 0.2) is 30.3 Å². The van der Waals surface area contributed by atoms with Crippen LogP contribution in [0.2, 0.25) is 0 Å². The van der Waals surface area contributed by atoms with Crippen molar-refractivity contribution in [2.75, 3.05) is 7.05 Å². The van der Waals surface area contributed by atoms with Crippen LogP contribution in [-0.2, 0) is 9.59 Å². The third-order valence-corrected chi connectivity index (χ3v) is 2.92. The molecule has 0 heterocycles. The maximum absolute atomic E-state index is 11.9. The van der Waals surface area contributed by atoms with Crippen molar-refractivity contribution in [1.29, 1.82) is 0 Å². The maximum atomic E-state index is 11.9. The lowest BCUT2D eigenvalue weighted by Crippen LogP contribution is -2.43. The molecule has 1 aromatic carbocycles. The molecule has 0 radical (unpaired) electrons. The van der Waals surface area contributed by atoms with Crippen molar-refractivity contribution in [3.8, 4) is 0 Å².